The molecule has 6 unspecified atom stereocenters. The monoisotopic (exact) mass is 670 g/mol. The molecular weight excluding hydrogens is 640 g/mol. The molecule has 2 aliphatic carbocycles. The van der Waals surface area contributed by atoms with Crippen molar-refractivity contribution in [3.05, 3.63) is 70.3 Å². The summed E-state index contributed by atoms with van der Waals surface area (Å²) in [7, 11) is 3.20. The zero-order valence-electron chi connectivity index (χ0n) is 26.0. The topological polar surface area (TPSA) is 131 Å². The average molecular weight is 671 g/mol. The number of imide groups is 2. The summed E-state index contributed by atoms with van der Waals surface area (Å²) in [5.41, 5.74) is 1.85. The minimum Gasteiger partial charge on any atom is -0.508 e. The van der Waals surface area contributed by atoms with Crippen LogP contribution < -0.4 is 15.0 Å². The van der Waals surface area contributed by atoms with Crippen molar-refractivity contribution in [2.75, 3.05) is 12.0 Å². The number of hydrogen-bond donors (Lipinski definition) is 2. The molecule has 4 aliphatic rings. The van der Waals surface area contributed by atoms with Crippen LogP contribution in [0.5, 0.6) is 11.5 Å². The van der Waals surface area contributed by atoms with Gasteiger partial charge in [-0.15, -0.1) is 11.3 Å². The number of hydrogen-bond acceptors (Lipinski definition) is 8. The van der Waals surface area contributed by atoms with E-state index in [0.29, 0.717) is 34.3 Å². The summed E-state index contributed by atoms with van der Waals surface area (Å²) < 4.78 is 8.33. The van der Waals surface area contributed by atoms with Crippen molar-refractivity contribution in [1.29, 1.82) is 0 Å². The van der Waals surface area contributed by atoms with Gasteiger partial charge in [-0.1, -0.05) is 29.3 Å². The number of carbonyl (C=O) groups is 4. The van der Waals surface area contributed by atoms with E-state index in [0.717, 1.165) is 26.1 Å². The summed E-state index contributed by atoms with van der Waals surface area (Å²) in [5, 5.41) is 19.2. The van der Waals surface area contributed by atoms with Crippen LogP contribution >= 0.6 is 22.9 Å². The van der Waals surface area contributed by atoms with Crippen LogP contribution in [-0.4, -0.2) is 45.6 Å². The average Bonchev–Trinajstić information content (AvgIpc) is 3.72. The van der Waals surface area contributed by atoms with Crippen LogP contribution in [0.4, 0.5) is 5.82 Å². The van der Waals surface area contributed by atoms with Crippen molar-refractivity contribution in [2.45, 2.75) is 32.6 Å². The van der Waals surface area contributed by atoms with Gasteiger partial charge in [0, 0.05) is 40.4 Å². The van der Waals surface area contributed by atoms with Crippen LogP contribution in [0, 0.1) is 36.0 Å². The number of ether oxygens (including phenoxy) is 1. The summed E-state index contributed by atoms with van der Waals surface area (Å²) in [6.45, 7) is 3.82. The summed E-state index contributed by atoms with van der Waals surface area (Å²) in [4.78, 5) is 57.5. The number of halogens is 1. The van der Waals surface area contributed by atoms with Gasteiger partial charge in [-0.2, -0.15) is 5.10 Å². The fourth-order valence-corrected chi connectivity index (χ4v) is 9.96. The summed E-state index contributed by atoms with van der Waals surface area (Å²) in [6.07, 6.45) is 2.56. The Kier molecular flexibility index (Phi) is 6.52. The Morgan fingerprint density at radius 3 is 2.64 bits per heavy atom. The Morgan fingerprint density at radius 2 is 1.87 bits per heavy atom. The molecule has 0 spiro atoms. The number of nitrogens with zero attached hydrogens (tertiary/aromatic N) is 3. The first-order valence-electron chi connectivity index (χ1n) is 15.5. The van der Waals surface area contributed by atoms with Crippen molar-refractivity contribution in [2.24, 2.45) is 36.1 Å². The van der Waals surface area contributed by atoms with Crippen LogP contribution in [0.3, 0.4) is 0 Å². The van der Waals surface area contributed by atoms with Crippen LogP contribution in [0.1, 0.15) is 36.8 Å². The number of thiophene rings is 1. The fraction of sp³-hybridized carbons (Fsp3) is 0.343. The third kappa shape index (κ3) is 4.05. The largest absolute Gasteiger partial charge is 0.508 e. The molecule has 240 valence electrons. The number of rotatable bonds is 4. The molecule has 2 N–H and O–H groups in total. The molecule has 8 rings (SSSR count). The first-order chi connectivity index (χ1) is 22.4. The predicted molar refractivity (Wildman–Crippen MR) is 176 cm³/mol. The summed E-state index contributed by atoms with van der Waals surface area (Å²) in [6, 6.07) is 12.2. The van der Waals surface area contributed by atoms with Crippen molar-refractivity contribution >= 4 is 62.5 Å². The maximum Gasteiger partial charge on any atom is 0.242 e. The SMILES string of the molecule is COc1cc(O)ccc1C1C2=CCC3C(=O)NC(=O)C3C2CC2C(=O)N(c3cc(-c4sc5ccc(Cl)cc5c4C)nn3C)C(=O)C21C. The summed E-state index contributed by atoms with van der Waals surface area (Å²) >= 11 is 7.85. The number of amides is 4. The second-order valence-corrected chi connectivity index (χ2v) is 14.6. The molecule has 4 aromatic rings. The predicted octanol–water partition coefficient (Wildman–Crippen LogP) is 5.50. The lowest BCUT2D eigenvalue weighted by atomic mass is 9.51. The van der Waals surface area contributed by atoms with E-state index in [1.54, 1.807) is 35.2 Å². The lowest BCUT2D eigenvalue weighted by Crippen LogP contribution is -2.49. The minimum atomic E-state index is -1.26. The number of phenolic OH excluding ortho intramolecular Hbond substituents is 1. The molecule has 3 fully saturated rings. The molecule has 2 aromatic heterocycles. The maximum atomic E-state index is 14.9. The van der Waals surface area contributed by atoms with E-state index in [2.05, 4.69) is 5.32 Å². The molecule has 0 radical (unpaired) electrons. The maximum absolute atomic E-state index is 14.9. The van der Waals surface area contributed by atoms with Gasteiger partial charge >= 0.3 is 0 Å². The van der Waals surface area contributed by atoms with E-state index in [9.17, 15) is 24.3 Å². The highest BCUT2D eigenvalue weighted by molar-refractivity contribution is 7.22. The van der Waals surface area contributed by atoms with Crippen molar-refractivity contribution in [1.82, 2.24) is 15.1 Å². The normalized spacial score (nSPS) is 28.3. The number of carbonyl (C=O) groups excluding carboxylic acids is 4. The highest BCUT2D eigenvalue weighted by atomic mass is 35.5. The molecule has 4 heterocycles. The molecule has 2 saturated heterocycles. The standard InChI is InChI=1S/C35H31ClN4O6S/c1-15-21-11-16(36)5-10-26(21)47-30(15)24-14-27(39(3)38-24)40-33(44)23-13-22-18(8-9-20-28(22)32(43)37-31(20)42)29(35(23,2)34(40)45)19-7-6-17(41)12-25(19)46-4/h5-8,10-12,14,20,22-23,28-29,41H,9,13H2,1-4H3,(H,37,42,43). The lowest BCUT2D eigenvalue weighted by Gasteiger charge is -2.49. The Morgan fingerprint density at radius 1 is 1.09 bits per heavy atom. The third-order valence-electron chi connectivity index (χ3n) is 10.9. The van der Waals surface area contributed by atoms with E-state index < -0.39 is 35.0 Å². The number of nitrogens with one attached hydrogen (secondary N) is 1. The van der Waals surface area contributed by atoms with Gasteiger partial charge in [0.1, 0.15) is 23.0 Å². The van der Waals surface area contributed by atoms with E-state index in [1.165, 1.54) is 24.1 Å². The Balaban J connectivity index is 1.27. The smallest absolute Gasteiger partial charge is 0.242 e. The zero-order valence-corrected chi connectivity index (χ0v) is 27.6. The number of allylic oxidation sites excluding steroid dienone is 2. The van der Waals surface area contributed by atoms with Gasteiger partial charge in [0.25, 0.3) is 0 Å². The van der Waals surface area contributed by atoms with Crippen LogP contribution in [0.15, 0.2) is 54.1 Å². The molecule has 10 nitrogen and oxygen atoms in total. The fourth-order valence-electron chi connectivity index (χ4n) is 8.64. The van der Waals surface area contributed by atoms with Crippen LogP contribution in [-0.2, 0) is 26.2 Å². The highest BCUT2D eigenvalue weighted by Crippen LogP contribution is 2.64. The second-order valence-electron chi connectivity index (χ2n) is 13.1. The molecule has 47 heavy (non-hydrogen) atoms. The van der Waals surface area contributed by atoms with Gasteiger partial charge in [0.15, 0.2) is 0 Å². The van der Waals surface area contributed by atoms with Gasteiger partial charge < -0.3 is 9.84 Å². The number of aromatic hydroxyl groups is 1. The van der Waals surface area contributed by atoms with Crippen molar-refractivity contribution < 1.29 is 29.0 Å². The number of anilines is 1. The van der Waals surface area contributed by atoms with Gasteiger partial charge in [0.05, 0.1) is 35.2 Å². The van der Waals surface area contributed by atoms with Crippen molar-refractivity contribution in [3.63, 3.8) is 0 Å². The third-order valence-corrected chi connectivity index (χ3v) is 12.4. The van der Waals surface area contributed by atoms with E-state index in [1.807, 2.05) is 38.1 Å². The number of aromatic nitrogens is 2. The Labute approximate surface area is 278 Å². The number of fused-ring (bicyclic) bond motifs is 5. The quantitative estimate of drug-likeness (QED) is 0.217. The second kappa shape index (κ2) is 10.3. The van der Waals surface area contributed by atoms with Gasteiger partial charge in [-0.3, -0.25) is 29.2 Å². The van der Waals surface area contributed by atoms with E-state index >= 15 is 0 Å². The first kappa shape index (κ1) is 29.9. The van der Waals surface area contributed by atoms with Gasteiger partial charge in [0.2, 0.25) is 23.6 Å². The van der Waals surface area contributed by atoms with Crippen LogP contribution in [0.25, 0.3) is 20.7 Å². The molecule has 2 aromatic carbocycles. The van der Waals surface area contributed by atoms with Crippen LogP contribution in [0.2, 0.25) is 5.02 Å². The van der Waals surface area contributed by atoms with E-state index in [4.69, 9.17) is 21.4 Å². The Bertz CT molecular complexity index is 2120. The molecule has 1 saturated carbocycles. The molecule has 12 heteroatoms. The number of phenols is 1. The molecule has 4 amide bonds. The first-order valence-corrected chi connectivity index (χ1v) is 16.7. The molecule has 2 aliphatic heterocycles. The summed E-state index contributed by atoms with van der Waals surface area (Å²) in [5.74, 6) is -3.75. The molecule has 0 bridgehead atoms. The lowest BCUT2D eigenvalue weighted by molar-refractivity contribution is -0.131. The van der Waals surface area contributed by atoms with Gasteiger partial charge in [-0.25, -0.2) is 4.90 Å². The number of methoxy groups -OCH3 is 1. The zero-order chi connectivity index (χ0) is 33.1. The molecule has 6 atom stereocenters. The van der Waals surface area contributed by atoms with Gasteiger partial charge in [-0.05, 0) is 67.8 Å². The Hall–Kier alpha value is -4.48. The minimum absolute atomic E-state index is 0.00483. The number of aryl methyl sites for hydroxylation is 2. The number of benzene rings is 2. The van der Waals surface area contributed by atoms with E-state index in [-0.39, 0.29) is 35.8 Å². The molecular formula is C35H31ClN4O6S. The van der Waals surface area contributed by atoms with Crippen molar-refractivity contribution in [3.8, 4) is 22.1 Å². The highest BCUT2D eigenvalue weighted by Gasteiger charge is 2.67.